The summed E-state index contributed by atoms with van der Waals surface area (Å²) in [4.78, 5) is 3.11. The first-order chi connectivity index (χ1) is 9.12. The zero-order valence-electron chi connectivity index (χ0n) is 10.7. The molecule has 5 nitrogen and oxygen atoms in total. The van der Waals surface area contributed by atoms with Gasteiger partial charge in [0.15, 0.2) is 0 Å². The Morgan fingerprint density at radius 2 is 2.11 bits per heavy atom. The Kier molecular flexibility index (Phi) is 5.90. The van der Waals surface area contributed by atoms with Crippen LogP contribution in [0, 0.1) is 0 Å². The van der Waals surface area contributed by atoms with Gasteiger partial charge in [-0.3, -0.25) is 0 Å². The Bertz CT molecular complexity index is 623. The van der Waals surface area contributed by atoms with Crippen molar-refractivity contribution in [3.63, 3.8) is 0 Å². The number of allylic oxidation sites excluding steroid dienone is 1. The van der Waals surface area contributed by atoms with Gasteiger partial charge in [-0.1, -0.05) is 23.3 Å². The van der Waals surface area contributed by atoms with E-state index in [1.165, 1.54) is 0 Å². The lowest BCUT2D eigenvalue weighted by molar-refractivity contribution is 0.599. The van der Waals surface area contributed by atoms with Gasteiger partial charge in [-0.05, 0) is 43.5 Å². The van der Waals surface area contributed by atoms with E-state index >= 15 is 0 Å². The molecule has 0 radical (unpaired) electrons. The second-order valence-electron chi connectivity index (χ2n) is 3.73. The fourth-order valence-corrected chi connectivity index (χ4v) is 3.03. The van der Waals surface area contributed by atoms with Gasteiger partial charge in [0.05, 0.1) is 9.80 Å². The van der Waals surface area contributed by atoms with E-state index in [0.29, 0.717) is 12.8 Å². The highest BCUT2D eigenvalue weighted by molar-refractivity contribution is 7.95. The van der Waals surface area contributed by atoms with Crippen LogP contribution in [0.2, 0.25) is 0 Å². The van der Waals surface area contributed by atoms with Gasteiger partial charge >= 0.3 is 0 Å². The van der Waals surface area contributed by atoms with Gasteiger partial charge in [-0.15, -0.1) is 5.73 Å². The minimum absolute atomic E-state index is 0.217. The third-order valence-corrected chi connectivity index (χ3v) is 4.27. The third-order valence-electron chi connectivity index (χ3n) is 2.41. The zero-order valence-corrected chi connectivity index (χ0v) is 11.5. The fourth-order valence-electron chi connectivity index (χ4n) is 1.54. The summed E-state index contributed by atoms with van der Waals surface area (Å²) in [6.45, 7) is 1.99. The molecule has 0 bridgehead atoms. The topological polar surface area (TPSA) is 82.9 Å². The van der Waals surface area contributed by atoms with Gasteiger partial charge < -0.3 is 0 Å². The molecule has 6 heteroatoms. The number of hydrogen-bond acceptors (Lipinski definition) is 3. The molecule has 0 aliphatic carbocycles. The van der Waals surface area contributed by atoms with Crippen molar-refractivity contribution in [1.82, 2.24) is 0 Å². The van der Waals surface area contributed by atoms with Crippen molar-refractivity contribution >= 4 is 9.84 Å². The highest BCUT2D eigenvalue weighted by Crippen LogP contribution is 2.21. The lowest BCUT2D eigenvalue weighted by atomic mass is 10.3. The summed E-state index contributed by atoms with van der Waals surface area (Å²) in [5, 5.41) is 3.39. The van der Waals surface area contributed by atoms with Gasteiger partial charge in [0.2, 0.25) is 9.84 Å². The maximum Gasteiger partial charge on any atom is 0.210 e. The Hall–Kier alpha value is -2.00. The van der Waals surface area contributed by atoms with E-state index in [9.17, 15) is 8.42 Å². The Balaban J connectivity index is 3.00. The van der Waals surface area contributed by atoms with Crippen molar-refractivity contribution in [1.29, 1.82) is 0 Å². The molecule has 1 aromatic rings. The van der Waals surface area contributed by atoms with Crippen LogP contribution in [0.25, 0.3) is 10.4 Å². The van der Waals surface area contributed by atoms with Crippen LogP contribution in [-0.2, 0) is 9.84 Å². The van der Waals surface area contributed by atoms with Crippen molar-refractivity contribution in [2.75, 3.05) is 6.54 Å². The molecule has 0 fully saturated rings. The summed E-state index contributed by atoms with van der Waals surface area (Å²) in [5.41, 5.74) is 11.0. The summed E-state index contributed by atoms with van der Waals surface area (Å²) in [7, 11) is -3.51. The van der Waals surface area contributed by atoms with Crippen molar-refractivity contribution < 1.29 is 8.42 Å². The highest BCUT2D eigenvalue weighted by atomic mass is 32.2. The molecule has 1 rings (SSSR count). The Labute approximate surface area is 112 Å². The summed E-state index contributed by atoms with van der Waals surface area (Å²) in [5.74, 6) is 0. The smallest absolute Gasteiger partial charge is 0.210 e. The molecule has 19 heavy (non-hydrogen) atoms. The summed E-state index contributed by atoms with van der Waals surface area (Å²) < 4.78 is 24.7. The summed E-state index contributed by atoms with van der Waals surface area (Å²) >= 11 is 0. The first-order valence-corrected chi connectivity index (χ1v) is 7.32. The molecule has 0 atom stereocenters. The Morgan fingerprint density at radius 3 is 2.68 bits per heavy atom. The maximum atomic E-state index is 12.4. The molecule has 0 saturated heterocycles. The van der Waals surface area contributed by atoms with Crippen LogP contribution in [0.4, 0.5) is 0 Å². The number of hydrogen-bond donors (Lipinski definition) is 0. The number of rotatable bonds is 6. The van der Waals surface area contributed by atoms with Gasteiger partial charge in [-0.2, -0.15) is 0 Å². The third kappa shape index (κ3) is 4.30. The van der Waals surface area contributed by atoms with Crippen molar-refractivity contribution in [3.05, 3.63) is 57.5 Å². The average molecular weight is 277 g/mol. The molecule has 0 spiro atoms. The second kappa shape index (κ2) is 7.44. The van der Waals surface area contributed by atoms with Crippen LogP contribution in [-0.4, -0.2) is 15.0 Å². The molecule has 0 amide bonds. The molecular weight excluding hydrogens is 262 g/mol. The van der Waals surface area contributed by atoms with Crippen LogP contribution in [0.5, 0.6) is 0 Å². The standard InChI is InChI=1S/C13H15N3O2S/c1-2-7-12(10-6-11-15-16-14)19(17,18)13-8-4-3-5-9-13/h2-5,8-9H,6,10-11H2,1H3. The minimum atomic E-state index is -3.51. The molecule has 100 valence electrons. The fraction of sp³-hybridized carbons (Fsp3) is 0.308. The van der Waals surface area contributed by atoms with Gasteiger partial charge in [0, 0.05) is 11.5 Å². The van der Waals surface area contributed by atoms with Gasteiger partial charge in [-0.25, -0.2) is 8.42 Å². The number of nitrogens with zero attached hydrogens (tertiary/aromatic N) is 3. The van der Waals surface area contributed by atoms with Gasteiger partial charge in [0.1, 0.15) is 0 Å². The van der Waals surface area contributed by atoms with E-state index in [0.717, 1.165) is 0 Å². The van der Waals surface area contributed by atoms with Crippen LogP contribution in [0.1, 0.15) is 19.8 Å². The molecule has 0 aliphatic heterocycles. The van der Waals surface area contributed by atoms with Gasteiger partial charge in [0.25, 0.3) is 0 Å². The highest BCUT2D eigenvalue weighted by Gasteiger charge is 2.19. The van der Waals surface area contributed by atoms with E-state index < -0.39 is 9.84 Å². The average Bonchev–Trinajstić information content (AvgIpc) is 2.43. The van der Waals surface area contributed by atoms with E-state index in [-0.39, 0.29) is 16.3 Å². The normalized spacial score (nSPS) is 10.2. The van der Waals surface area contributed by atoms with Crippen molar-refractivity contribution in [2.45, 2.75) is 24.7 Å². The molecule has 0 unspecified atom stereocenters. The molecule has 0 aliphatic rings. The monoisotopic (exact) mass is 277 g/mol. The van der Waals surface area contributed by atoms with E-state index in [4.69, 9.17) is 5.53 Å². The second-order valence-corrected chi connectivity index (χ2v) is 5.70. The predicted molar refractivity (Wildman–Crippen MR) is 74.1 cm³/mol. The first kappa shape index (κ1) is 15.1. The van der Waals surface area contributed by atoms with Crippen LogP contribution in [0.3, 0.4) is 0 Å². The van der Waals surface area contributed by atoms with Crippen LogP contribution in [0.15, 0.2) is 57.1 Å². The minimum Gasteiger partial charge on any atom is -0.218 e. The zero-order chi connectivity index (χ0) is 14.1. The molecule has 0 aromatic heterocycles. The molecule has 1 aromatic carbocycles. The lowest BCUT2D eigenvalue weighted by Gasteiger charge is -2.06. The maximum absolute atomic E-state index is 12.4. The van der Waals surface area contributed by atoms with E-state index in [2.05, 4.69) is 15.8 Å². The number of azide groups is 1. The quantitative estimate of drug-likeness (QED) is 0.261. The molecular formula is C13H15N3O2S. The van der Waals surface area contributed by atoms with Crippen LogP contribution >= 0.6 is 0 Å². The number of benzene rings is 1. The van der Waals surface area contributed by atoms with Crippen molar-refractivity contribution in [2.24, 2.45) is 5.11 Å². The molecule has 0 saturated carbocycles. The SMILES string of the molecule is CC=C=C(CCCN=[N+]=[N-])S(=O)(=O)c1ccccc1. The van der Waals surface area contributed by atoms with Crippen molar-refractivity contribution in [3.8, 4) is 0 Å². The van der Waals surface area contributed by atoms with Crippen LogP contribution < -0.4 is 0 Å². The predicted octanol–water partition coefficient (Wildman–Crippen LogP) is 3.61. The summed E-state index contributed by atoms with van der Waals surface area (Å²) in [6, 6.07) is 8.24. The molecule has 0 heterocycles. The Morgan fingerprint density at radius 1 is 1.42 bits per heavy atom. The summed E-state index contributed by atoms with van der Waals surface area (Å²) in [6.07, 6.45) is 2.36. The lowest BCUT2D eigenvalue weighted by Crippen LogP contribution is -2.04. The van der Waals surface area contributed by atoms with E-state index in [1.807, 2.05) is 0 Å². The number of sulfone groups is 1. The largest absolute Gasteiger partial charge is 0.218 e. The first-order valence-electron chi connectivity index (χ1n) is 5.84. The van der Waals surface area contributed by atoms with E-state index in [1.54, 1.807) is 43.3 Å². The molecule has 0 N–H and O–H groups in total.